The maximum absolute atomic E-state index is 14.1. The zero-order valence-electron chi connectivity index (χ0n) is 10.4. The third kappa shape index (κ3) is 3.17. The van der Waals surface area contributed by atoms with E-state index in [-0.39, 0.29) is 28.8 Å². The summed E-state index contributed by atoms with van der Waals surface area (Å²) < 4.78 is 19.2. The molecule has 0 saturated carbocycles. The first kappa shape index (κ1) is 15.3. The number of nitrogens with zero attached hydrogens (tertiary/aromatic N) is 3. The Kier molecular flexibility index (Phi) is 5.35. The second-order valence-electron chi connectivity index (χ2n) is 3.38. The molecular formula is C13H8ClFN4O. The standard InChI is InChI=1S/C13H8ClFN4O/c1-2-20-13-9(14)3-4-10(12(13)15)19-11(7-18)8(5-16)6-17/h3-4,19H,2H2,1H3. The van der Waals surface area contributed by atoms with Crippen LogP contribution >= 0.6 is 11.6 Å². The van der Waals surface area contributed by atoms with E-state index in [1.165, 1.54) is 12.1 Å². The quantitative estimate of drug-likeness (QED) is 0.860. The summed E-state index contributed by atoms with van der Waals surface area (Å²) in [6, 6.07) is 7.39. The lowest BCUT2D eigenvalue weighted by molar-refractivity contribution is 0.322. The normalized spacial score (nSPS) is 8.80. The molecule has 100 valence electrons. The third-order valence-corrected chi connectivity index (χ3v) is 2.48. The molecule has 0 aliphatic carbocycles. The van der Waals surface area contributed by atoms with Gasteiger partial charge in [0.05, 0.1) is 17.3 Å². The van der Waals surface area contributed by atoms with E-state index in [4.69, 9.17) is 32.1 Å². The zero-order chi connectivity index (χ0) is 15.1. The summed E-state index contributed by atoms with van der Waals surface area (Å²) in [6.07, 6.45) is 0. The van der Waals surface area contributed by atoms with Crippen molar-refractivity contribution in [2.45, 2.75) is 6.92 Å². The van der Waals surface area contributed by atoms with Gasteiger partial charge in [0.15, 0.2) is 17.1 Å². The molecule has 1 aromatic carbocycles. The molecule has 0 unspecified atom stereocenters. The summed E-state index contributed by atoms with van der Waals surface area (Å²) in [7, 11) is 0. The summed E-state index contributed by atoms with van der Waals surface area (Å²) in [4.78, 5) is 0. The predicted octanol–water partition coefficient (Wildman–Crippen LogP) is 3.11. The minimum absolute atomic E-state index is 0.0816. The summed E-state index contributed by atoms with van der Waals surface area (Å²) in [6.45, 7) is 1.88. The molecule has 20 heavy (non-hydrogen) atoms. The maximum atomic E-state index is 14.1. The fourth-order valence-corrected chi connectivity index (χ4v) is 1.52. The summed E-state index contributed by atoms with van der Waals surface area (Å²) in [5.41, 5.74) is -0.907. The third-order valence-electron chi connectivity index (χ3n) is 2.18. The van der Waals surface area contributed by atoms with E-state index >= 15 is 0 Å². The summed E-state index contributed by atoms with van der Waals surface area (Å²) in [5, 5.41) is 28.7. The van der Waals surface area contributed by atoms with Crippen molar-refractivity contribution in [2.24, 2.45) is 0 Å². The van der Waals surface area contributed by atoms with Gasteiger partial charge in [-0.05, 0) is 19.1 Å². The van der Waals surface area contributed by atoms with Gasteiger partial charge in [-0.3, -0.25) is 0 Å². The number of nitriles is 3. The van der Waals surface area contributed by atoms with E-state index in [0.717, 1.165) is 0 Å². The van der Waals surface area contributed by atoms with Gasteiger partial charge in [0.25, 0.3) is 0 Å². The van der Waals surface area contributed by atoms with Gasteiger partial charge >= 0.3 is 0 Å². The van der Waals surface area contributed by atoms with Gasteiger partial charge in [-0.2, -0.15) is 15.8 Å². The van der Waals surface area contributed by atoms with Gasteiger partial charge in [-0.15, -0.1) is 0 Å². The largest absolute Gasteiger partial charge is 0.489 e. The molecule has 0 fully saturated rings. The fourth-order valence-electron chi connectivity index (χ4n) is 1.32. The van der Waals surface area contributed by atoms with Crippen LogP contribution in [0.4, 0.5) is 10.1 Å². The summed E-state index contributed by atoms with van der Waals surface area (Å²) in [5.74, 6) is -0.964. The van der Waals surface area contributed by atoms with Crippen molar-refractivity contribution in [3.8, 4) is 24.0 Å². The first-order valence-corrected chi connectivity index (χ1v) is 5.79. The van der Waals surface area contributed by atoms with Gasteiger partial charge in [0.1, 0.15) is 23.9 Å². The van der Waals surface area contributed by atoms with Crippen LogP contribution < -0.4 is 10.1 Å². The highest BCUT2D eigenvalue weighted by molar-refractivity contribution is 6.32. The van der Waals surface area contributed by atoms with Crippen LogP contribution in [0.25, 0.3) is 0 Å². The lowest BCUT2D eigenvalue weighted by Crippen LogP contribution is -2.04. The van der Waals surface area contributed by atoms with E-state index in [2.05, 4.69) is 5.32 Å². The van der Waals surface area contributed by atoms with Crippen LogP contribution in [0.15, 0.2) is 23.4 Å². The highest BCUT2D eigenvalue weighted by atomic mass is 35.5. The Hall–Kier alpha value is -2.75. The monoisotopic (exact) mass is 290 g/mol. The number of halogens is 2. The highest BCUT2D eigenvalue weighted by Gasteiger charge is 2.16. The first-order chi connectivity index (χ1) is 9.58. The van der Waals surface area contributed by atoms with Gasteiger partial charge < -0.3 is 10.1 Å². The smallest absolute Gasteiger partial charge is 0.190 e. The van der Waals surface area contributed by atoms with Crippen LogP contribution in [0.3, 0.4) is 0 Å². The second-order valence-corrected chi connectivity index (χ2v) is 3.79. The van der Waals surface area contributed by atoms with Gasteiger partial charge in [0, 0.05) is 0 Å². The Morgan fingerprint density at radius 2 is 1.95 bits per heavy atom. The number of nitrogens with one attached hydrogen (secondary N) is 1. The number of rotatable bonds is 4. The molecule has 0 saturated heterocycles. The molecule has 1 rings (SSSR count). The van der Waals surface area contributed by atoms with Crippen LogP contribution in [0, 0.1) is 39.8 Å². The van der Waals surface area contributed by atoms with Gasteiger partial charge in [-0.25, -0.2) is 4.39 Å². The molecule has 0 spiro atoms. The summed E-state index contributed by atoms with van der Waals surface area (Å²) >= 11 is 5.79. The molecule has 0 aromatic heterocycles. The van der Waals surface area contributed by atoms with Crippen molar-refractivity contribution in [3.05, 3.63) is 34.2 Å². The number of ether oxygens (including phenoxy) is 1. The minimum Gasteiger partial charge on any atom is -0.489 e. The first-order valence-electron chi connectivity index (χ1n) is 5.41. The zero-order valence-corrected chi connectivity index (χ0v) is 11.1. The van der Waals surface area contributed by atoms with E-state index in [9.17, 15) is 4.39 Å². The number of benzene rings is 1. The van der Waals surface area contributed by atoms with Crippen LogP contribution in [-0.2, 0) is 0 Å². The van der Waals surface area contributed by atoms with Gasteiger partial charge in [-0.1, -0.05) is 11.6 Å². The van der Waals surface area contributed by atoms with E-state index < -0.39 is 11.4 Å². The Morgan fingerprint density at radius 3 is 2.45 bits per heavy atom. The highest BCUT2D eigenvalue weighted by Crippen LogP contribution is 2.33. The van der Waals surface area contributed by atoms with Crippen molar-refractivity contribution in [1.82, 2.24) is 0 Å². The van der Waals surface area contributed by atoms with E-state index in [1.807, 2.05) is 0 Å². The molecule has 1 N–H and O–H groups in total. The van der Waals surface area contributed by atoms with Crippen LogP contribution in [0.2, 0.25) is 5.02 Å². The van der Waals surface area contributed by atoms with Crippen LogP contribution in [0.1, 0.15) is 6.92 Å². The van der Waals surface area contributed by atoms with Crippen LogP contribution in [-0.4, -0.2) is 6.61 Å². The number of hydrogen-bond acceptors (Lipinski definition) is 5. The molecule has 1 aromatic rings. The average molecular weight is 291 g/mol. The number of hydrogen-bond donors (Lipinski definition) is 1. The molecule has 0 radical (unpaired) electrons. The lowest BCUT2D eigenvalue weighted by atomic mass is 10.2. The molecule has 0 bridgehead atoms. The molecular weight excluding hydrogens is 283 g/mol. The Balaban J connectivity index is 3.28. The molecule has 0 amide bonds. The topological polar surface area (TPSA) is 92.6 Å². The average Bonchev–Trinajstić information content (AvgIpc) is 2.45. The second kappa shape index (κ2) is 6.99. The Labute approximate surface area is 120 Å². The van der Waals surface area contributed by atoms with Crippen molar-refractivity contribution < 1.29 is 9.13 Å². The van der Waals surface area contributed by atoms with Crippen molar-refractivity contribution in [2.75, 3.05) is 11.9 Å². The molecule has 0 heterocycles. The number of anilines is 1. The minimum atomic E-state index is -0.803. The Morgan fingerprint density at radius 1 is 1.30 bits per heavy atom. The predicted molar refractivity (Wildman–Crippen MR) is 70.1 cm³/mol. The molecule has 0 aliphatic rings. The van der Waals surface area contributed by atoms with Crippen molar-refractivity contribution in [3.63, 3.8) is 0 Å². The van der Waals surface area contributed by atoms with Crippen LogP contribution in [0.5, 0.6) is 5.75 Å². The molecule has 5 nitrogen and oxygen atoms in total. The van der Waals surface area contributed by atoms with Crippen molar-refractivity contribution >= 4 is 17.3 Å². The Bertz CT molecular complexity index is 663. The lowest BCUT2D eigenvalue weighted by Gasteiger charge is -2.11. The fraction of sp³-hybridized carbons (Fsp3) is 0.154. The molecule has 0 atom stereocenters. The molecule has 0 aliphatic heterocycles. The maximum Gasteiger partial charge on any atom is 0.190 e. The van der Waals surface area contributed by atoms with Crippen molar-refractivity contribution in [1.29, 1.82) is 15.8 Å². The van der Waals surface area contributed by atoms with E-state index in [1.54, 1.807) is 25.1 Å². The molecule has 7 heteroatoms. The number of allylic oxidation sites excluding steroid dienone is 2. The van der Waals surface area contributed by atoms with Gasteiger partial charge in [0.2, 0.25) is 0 Å². The van der Waals surface area contributed by atoms with E-state index in [0.29, 0.717) is 0 Å². The SMILES string of the molecule is CCOc1c(Cl)ccc(NC(C#N)=C(C#N)C#N)c1F.